The summed E-state index contributed by atoms with van der Waals surface area (Å²) in [6.45, 7) is 1.77. The normalized spacial score (nSPS) is 9.08. The van der Waals surface area contributed by atoms with Gasteiger partial charge in [-0.1, -0.05) is 23.7 Å². The van der Waals surface area contributed by atoms with Crippen LogP contribution in [0, 0.1) is 6.92 Å². The monoisotopic (exact) mass is 195 g/mol. The maximum Gasteiger partial charge on any atom is 0.250 e. The second-order valence-corrected chi connectivity index (χ2v) is 2.81. The lowest BCUT2D eigenvalue weighted by Crippen LogP contribution is -1.95. The number of benzene rings is 1. The molecule has 1 amide bonds. The number of azide groups is 1. The molecular formula is C8H6ClN3O. The zero-order valence-electron chi connectivity index (χ0n) is 6.86. The quantitative estimate of drug-likeness (QED) is 0.386. The van der Waals surface area contributed by atoms with Gasteiger partial charge in [0, 0.05) is 10.5 Å². The molecule has 0 saturated carbocycles. The van der Waals surface area contributed by atoms with Crippen LogP contribution in [0.2, 0.25) is 5.02 Å². The molecule has 0 radical (unpaired) electrons. The van der Waals surface area contributed by atoms with E-state index in [0.29, 0.717) is 5.02 Å². The summed E-state index contributed by atoms with van der Waals surface area (Å²) in [6, 6.07) is 4.98. The molecule has 1 aromatic rings. The van der Waals surface area contributed by atoms with E-state index >= 15 is 0 Å². The van der Waals surface area contributed by atoms with Crippen LogP contribution in [0.1, 0.15) is 15.9 Å². The van der Waals surface area contributed by atoms with E-state index in [0.717, 1.165) is 5.56 Å². The van der Waals surface area contributed by atoms with Gasteiger partial charge in [0.15, 0.2) is 0 Å². The van der Waals surface area contributed by atoms with Crippen molar-refractivity contribution in [3.8, 4) is 0 Å². The van der Waals surface area contributed by atoms with Crippen LogP contribution < -0.4 is 0 Å². The van der Waals surface area contributed by atoms with Crippen LogP contribution >= 0.6 is 11.6 Å². The maximum absolute atomic E-state index is 11.1. The zero-order chi connectivity index (χ0) is 9.84. The van der Waals surface area contributed by atoms with Crippen molar-refractivity contribution < 1.29 is 4.79 Å². The highest BCUT2D eigenvalue weighted by Crippen LogP contribution is 2.20. The molecule has 0 spiro atoms. The number of aryl methyl sites for hydroxylation is 1. The first-order chi connectivity index (χ1) is 6.16. The van der Waals surface area contributed by atoms with Gasteiger partial charge in [-0.2, -0.15) is 0 Å². The molecule has 0 heterocycles. The van der Waals surface area contributed by atoms with Gasteiger partial charge in [-0.25, -0.2) is 0 Å². The molecule has 0 aliphatic heterocycles. The summed E-state index contributed by atoms with van der Waals surface area (Å²) in [7, 11) is 0. The number of hydrogen-bond donors (Lipinski definition) is 0. The molecule has 0 saturated heterocycles. The molecule has 1 rings (SSSR count). The lowest BCUT2D eigenvalue weighted by molar-refractivity contribution is 0.100. The third-order valence-corrected chi connectivity index (χ3v) is 2.06. The average Bonchev–Trinajstić information content (AvgIpc) is 2.10. The number of amides is 1. The topological polar surface area (TPSA) is 65.8 Å². The third kappa shape index (κ3) is 1.99. The molecule has 1 aromatic carbocycles. The number of hydrogen-bond acceptors (Lipinski definition) is 1. The minimum Gasteiger partial charge on any atom is -0.287 e. The second kappa shape index (κ2) is 3.94. The number of halogens is 1. The van der Waals surface area contributed by atoms with Crippen molar-refractivity contribution in [1.82, 2.24) is 0 Å². The number of nitrogens with zero attached hydrogens (tertiary/aromatic N) is 3. The molecule has 5 heteroatoms. The fraction of sp³-hybridized carbons (Fsp3) is 0.125. The molecule has 0 bridgehead atoms. The molecule has 0 fully saturated rings. The summed E-state index contributed by atoms with van der Waals surface area (Å²) in [6.07, 6.45) is 0. The summed E-state index contributed by atoms with van der Waals surface area (Å²) in [5, 5.41) is 3.29. The van der Waals surface area contributed by atoms with Crippen LogP contribution in [0.15, 0.2) is 23.3 Å². The van der Waals surface area contributed by atoms with E-state index in [4.69, 9.17) is 17.1 Å². The van der Waals surface area contributed by atoms with Crippen LogP contribution in [-0.4, -0.2) is 5.91 Å². The van der Waals surface area contributed by atoms with E-state index in [1.54, 1.807) is 19.1 Å². The molecule has 0 aliphatic rings. The molecular weight excluding hydrogens is 190 g/mol. The highest BCUT2D eigenvalue weighted by molar-refractivity contribution is 6.34. The smallest absolute Gasteiger partial charge is 0.250 e. The first-order valence-corrected chi connectivity index (χ1v) is 3.89. The van der Waals surface area contributed by atoms with Crippen LogP contribution in [0.4, 0.5) is 0 Å². The van der Waals surface area contributed by atoms with Crippen molar-refractivity contribution in [3.63, 3.8) is 0 Å². The van der Waals surface area contributed by atoms with Gasteiger partial charge in [-0.3, -0.25) is 4.79 Å². The van der Waals surface area contributed by atoms with E-state index in [-0.39, 0.29) is 5.56 Å². The van der Waals surface area contributed by atoms with Gasteiger partial charge in [0.05, 0.1) is 5.02 Å². The summed E-state index contributed by atoms with van der Waals surface area (Å²) in [5.74, 6) is -0.656. The van der Waals surface area contributed by atoms with Crippen LogP contribution in [0.25, 0.3) is 10.4 Å². The minimum atomic E-state index is -0.656. The lowest BCUT2D eigenvalue weighted by atomic mass is 10.1. The predicted molar refractivity (Wildman–Crippen MR) is 49.7 cm³/mol. The molecule has 0 atom stereocenters. The fourth-order valence-corrected chi connectivity index (χ4v) is 1.11. The van der Waals surface area contributed by atoms with Gasteiger partial charge in [-0.05, 0) is 29.2 Å². The van der Waals surface area contributed by atoms with Crippen molar-refractivity contribution >= 4 is 17.5 Å². The number of carbonyl (C=O) groups is 1. The Labute approximate surface area is 79.8 Å². The van der Waals surface area contributed by atoms with E-state index in [1.807, 2.05) is 0 Å². The first-order valence-electron chi connectivity index (χ1n) is 3.51. The van der Waals surface area contributed by atoms with Crippen LogP contribution in [0.3, 0.4) is 0 Å². The standard InChI is InChI=1S/C8H6ClN3O/c1-5-3-2-4-6(7(5)9)8(13)11-12-10/h2-4H,1H3. The van der Waals surface area contributed by atoms with Crippen molar-refractivity contribution in [2.75, 3.05) is 0 Å². The van der Waals surface area contributed by atoms with Gasteiger partial charge in [0.25, 0.3) is 5.91 Å². The van der Waals surface area contributed by atoms with Gasteiger partial charge in [-0.15, -0.1) is 0 Å². The Balaban J connectivity index is 3.22. The van der Waals surface area contributed by atoms with Crippen molar-refractivity contribution in [2.45, 2.75) is 6.92 Å². The van der Waals surface area contributed by atoms with Crippen molar-refractivity contribution in [2.24, 2.45) is 5.11 Å². The van der Waals surface area contributed by atoms with Crippen LogP contribution in [0.5, 0.6) is 0 Å². The van der Waals surface area contributed by atoms with Gasteiger partial charge in [0.2, 0.25) is 0 Å². The van der Waals surface area contributed by atoms with Crippen molar-refractivity contribution in [1.29, 1.82) is 0 Å². The number of rotatable bonds is 1. The van der Waals surface area contributed by atoms with Crippen LogP contribution in [-0.2, 0) is 0 Å². The fourth-order valence-electron chi connectivity index (χ4n) is 0.907. The molecule has 0 N–H and O–H groups in total. The average molecular weight is 196 g/mol. The SMILES string of the molecule is Cc1cccc(C(=O)N=[N+]=[N-])c1Cl. The van der Waals surface area contributed by atoms with E-state index in [1.165, 1.54) is 6.07 Å². The molecule has 0 aliphatic carbocycles. The van der Waals surface area contributed by atoms with Crippen molar-refractivity contribution in [3.05, 3.63) is 44.8 Å². The highest BCUT2D eigenvalue weighted by Gasteiger charge is 2.08. The van der Waals surface area contributed by atoms with E-state index < -0.39 is 5.91 Å². The summed E-state index contributed by atoms with van der Waals surface area (Å²) in [5.41, 5.74) is 9.07. The predicted octanol–water partition coefficient (Wildman–Crippen LogP) is 3.10. The Hall–Kier alpha value is -1.51. The Morgan fingerprint density at radius 2 is 2.31 bits per heavy atom. The first kappa shape index (κ1) is 9.58. The maximum atomic E-state index is 11.1. The van der Waals surface area contributed by atoms with E-state index in [2.05, 4.69) is 10.0 Å². The van der Waals surface area contributed by atoms with Gasteiger partial charge < -0.3 is 0 Å². The second-order valence-electron chi connectivity index (χ2n) is 2.43. The largest absolute Gasteiger partial charge is 0.287 e. The molecule has 0 unspecified atom stereocenters. The number of carbonyl (C=O) groups excluding carboxylic acids is 1. The summed E-state index contributed by atoms with van der Waals surface area (Å²) in [4.78, 5) is 13.5. The Kier molecular flexibility index (Phi) is 2.90. The molecule has 13 heavy (non-hydrogen) atoms. The highest BCUT2D eigenvalue weighted by atomic mass is 35.5. The Morgan fingerprint density at radius 3 is 2.92 bits per heavy atom. The van der Waals surface area contributed by atoms with E-state index in [9.17, 15) is 4.79 Å². The molecule has 0 aromatic heterocycles. The minimum absolute atomic E-state index is 0.236. The molecule has 4 nitrogen and oxygen atoms in total. The summed E-state index contributed by atoms with van der Waals surface area (Å²) < 4.78 is 0. The van der Waals surface area contributed by atoms with Gasteiger partial charge >= 0.3 is 0 Å². The molecule has 66 valence electrons. The Bertz CT molecular complexity index is 396. The summed E-state index contributed by atoms with van der Waals surface area (Å²) >= 11 is 5.82. The Morgan fingerprint density at radius 1 is 1.62 bits per heavy atom. The lowest BCUT2D eigenvalue weighted by Gasteiger charge is -2.01. The third-order valence-electron chi connectivity index (χ3n) is 1.56. The van der Waals surface area contributed by atoms with Gasteiger partial charge in [0.1, 0.15) is 0 Å². The zero-order valence-corrected chi connectivity index (χ0v) is 7.62.